The lowest BCUT2D eigenvalue weighted by Gasteiger charge is -2.24. The molecule has 1 saturated heterocycles. The first-order chi connectivity index (χ1) is 15.9. The second-order valence-corrected chi connectivity index (χ2v) is 8.75. The van der Waals surface area contributed by atoms with Crippen molar-refractivity contribution in [1.82, 2.24) is 15.3 Å². The first kappa shape index (κ1) is 23.5. The van der Waals surface area contributed by atoms with Crippen LogP contribution in [0.15, 0.2) is 36.7 Å². The Morgan fingerprint density at radius 2 is 1.76 bits per heavy atom. The number of piperidine rings is 1. The summed E-state index contributed by atoms with van der Waals surface area (Å²) in [6.45, 7) is 3.66. The number of nitrogens with two attached hydrogens (primary N) is 1. The molecule has 1 atom stereocenters. The van der Waals surface area contributed by atoms with E-state index in [-0.39, 0.29) is 10.8 Å². The smallest absolute Gasteiger partial charge is 0.166 e. The van der Waals surface area contributed by atoms with Crippen LogP contribution in [0.25, 0.3) is 11.1 Å². The van der Waals surface area contributed by atoms with E-state index >= 15 is 0 Å². The van der Waals surface area contributed by atoms with Gasteiger partial charge >= 0.3 is 0 Å². The molecular weight excluding hydrogens is 466 g/mol. The van der Waals surface area contributed by atoms with Gasteiger partial charge < -0.3 is 20.5 Å². The topological polar surface area (TPSA) is 82.3 Å². The highest BCUT2D eigenvalue weighted by atomic mass is 35.5. The summed E-state index contributed by atoms with van der Waals surface area (Å²) in [5, 5.41) is 3.59. The number of halogens is 3. The number of hydrogen-bond donors (Lipinski definition) is 2. The summed E-state index contributed by atoms with van der Waals surface area (Å²) in [5.41, 5.74) is 8.94. The molecule has 0 aliphatic carbocycles. The molecule has 3 heterocycles. The maximum Gasteiger partial charge on any atom is 0.166 e. The quantitative estimate of drug-likeness (QED) is 0.425. The number of nitrogens with one attached hydrogen (secondary N) is 1. The van der Waals surface area contributed by atoms with E-state index in [0.717, 1.165) is 48.5 Å². The Morgan fingerprint density at radius 1 is 1.09 bits per heavy atom. The number of aromatic nitrogens is 2. The Kier molecular flexibility index (Phi) is 7.22. The first-order valence-electron chi connectivity index (χ1n) is 10.7. The molecule has 3 aromatic rings. The minimum atomic E-state index is -0.657. The van der Waals surface area contributed by atoms with Gasteiger partial charge in [-0.3, -0.25) is 4.98 Å². The van der Waals surface area contributed by atoms with Crippen molar-refractivity contribution < 1.29 is 13.9 Å². The molecule has 0 amide bonds. The van der Waals surface area contributed by atoms with Crippen molar-refractivity contribution in [2.75, 3.05) is 25.9 Å². The zero-order valence-corrected chi connectivity index (χ0v) is 19.9. The number of nitrogens with zero attached hydrogens (tertiary/aromatic N) is 2. The number of rotatable bonds is 6. The minimum absolute atomic E-state index is 0.0832. The zero-order valence-electron chi connectivity index (χ0n) is 18.4. The van der Waals surface area contributed by atoms with E-state index in [1.807, 2.05) is 6.07 Å². The summed E-state index contributed by atoms with van der Waals surface area (Å²) in [6, 6.07) is 6.37. The van der Waals surface area contributed by atoms with Gasteiger partial charge in [0.25, 0.3) is 0 Å². The molecule has 1 aliphatic rings. The van der Waals surface area contributed by atoms with Crippen LogP contribution < -0.4 is 20.5 Å². The van der Waals surface area contributed by atoms with Crippen LogP contribution in [0.3, 0.4) is 0 Å². The predicted octanol–water partition coefficient (Wildman–Crippen LogP) is 5.79. The second-order valence-electron chi connectivity index (χ2n) is 7.96. The van der Waals surface area contributed by atoms with Crippen molar-refractivity contribution in [1.29, 1.82) is 0 Å². The van der Waals surface area contributed by atoms with E-state index in [2.05, 4.69) is 10.3 Å². The van der Waals surface area contributed by atoms with E-state index in [4.69, 9.17) is 43.4 Å². The summed E-state index contributed by atoms with van der Waals surface area (Å²) in [6.07, 6.45) is 4.84. The van der Waals surface area contributed by atoms with Gasteiger partial charge in [-0.2, -0.15) is 0 Å². The van der Waals surface area contributed by atoms with Gasteiger partial charge in [-0.1, -0.05) is 23.2 Å². The van der Waals surface area contributed by atoms with Crippen LogP contribution >= 0.6 is 23.2 Å². The number of ether oxygens (including phenoxy) is 2. The lowest BCUT2D eigenvalue weighted by Crippen LogP contribution is -2.27. The standard InChI is InChI=1S/C24H25Cl2FN4O2/c1-13(21-17(25)3-4-18(27)22(21)26)33-20-10-16(12-31-24(20)28)15-9-19(32-2)23(30-11-15)14-5-7-29-8-6-14/h3-4,9-14,29H,5-8H2,1-2H3,(H2,28,31). The van der Waals surface area contributed by atoms with Crippen LogP contribution in [-0.2, 0) is 0 Å². The van der Waals surface area contributed by atoms with Gasteiger partial charge in [0.15, 0.2) is 11.6 Å². The molecule has 1 unspecified atom stereocenters. The highest BCUT2D eigenvalue weighted by molar-refractivity contribution is 6.36. The number of hydrogen-bond acceptors (Lipinski definition) is 6. The fraction of sp³-hybridized carbons (Fsp3) is 0.333. The molecular formula is C24H25Cl2FN4O2. The van der Waals surface area contributed by atoms with Crippen LogP contribution in [0.1, 0.15) is 43.0 Å². The maximum atomic E-state index is 14.0. The molecule has 33 heavy (non-hydrogen) atoms. The highest BCUT2D eigenvalue weighted by Gasteiger charge is 2.22. The highest BCUT2D eigenvalue weighted by Crippen LogP contribution is 2.38. The maximum absolute atomic E-state index is 14.0. The lowest BCUT2D eigenvalue weighted by atomic mass is 9.93. The third-order valence-electron chi connectivity index (χ3n) is 5.83. The molecule has 174 valence electrons. The normalized spacial score (nSPS) is 15.3. The Balaban J connectivity index is 1.63. The van der Waals surface area contributed by atoms with E-state index < -0.39 is 11.9 Å². The van der Waals surface area contributed by atoms with Gasteiger partial charge in [-0.25, -0.2) is 9.37 Å². The molecule has 2 aromatic heterocycles. The molecule has 9 heteroatoms. The SMILES string of the molecule is COc1cc(-c2cnc(N)c(OC(C)c3c(Cl)ccc(F)c3Cl)c2)cnc1C1CCNCC1. The van der Waals surface area contributed by atoms with Crippen molar-refractivity contribution in [2.45, 2.75) is 31.8 Å². The number of benzene rings is 1. The third-order valence-corrected chi connectivity index (χ3v) is 6.55. The second kappa shape index (κ2) is 10.1. The monoisotopic (exact) mass is 490 g/mol. The van der Waals surface area contributed by atoms with E-state index in [0.29, 0.717) is 22.3 Å². The molecule has 6 nitrogen and oxygen atoms in total. The van der Waals surface area contributed by atoms with Gasteiger partial charge in [-0.05, 0) is 57.1 Å². The molecule has 3 N–H and O–H groups in total. The van der Waals surface area contributed by atoms with Crippen molar-refractivity contribution in [3.8, 4) is 22.6 Å². The molecule has 1 fully saturated rings. The van der Waals surface area contributed by atoms with Crippen molar-refractivity contribution >= 4 is 29.0 Å². The Morgan fingerprint density at radius 3 is 2.45 bits per heavy atom. The molecule has 0 spiro atoms. The van der Waals surface area contributed by atoms with Gasteiger partial charge in [0.1, 0.15) is 17.7 Å². The van der Waals surface area contributed by atoms with Crippen molar-refractivity contribution in [3.63, 3.8) is 0 Å². The molecule has 0 radical (unpaired) electrons. The summed E-state index contributed by atoms with van der Waals surface area (Å²) in [5.74, 6) is 1.06. The molecule has 4 rings (SSSR count). The molecule has 0 bridgehead atoms. The largest absolute Gasteiger partial charge is 0.495 e. The summed E-state index contributed by atoms with van der Waals surface area (Å²) in [7, 11) is 1.65. The lowest BCUT2D eigenvalue weighted by molar-refractivity contribution is 0.227. The number of pyridine rings is 2. The van der Waals surface area contributed by atoms with Gasteiger partial charge in [0.2, 0.25) is 0 Å². The van der Waals surface area contributed by atoms with Crippen LogP contribution in [0.5, 0.6) is 11.5 Å². The Bertz CT molecular complexity index is 1160. The average Bonchev–Trinajstić information content (AvgIpc) is 2.83. The first-order valence-corrected chi connectivity index (χ1v) is 11.4. The minimum Gasteiger partial charge on any atom is -0.495 e. The summed E-state index contributed by atoms with van der Waals surface area (Å²) < 4.78 is 25.6. The van der Waals surface area contributed by atoms with Crippen LogP contribution in [0, 0.1) is 5.82 Å². The number of nitrogen functional groups attached to an aromatic ring is 1. The van der Waals surface area contributed by atoms with Crippen molar-refractivity contribution in [3.05, 3.63) is 63.8 Å². The Hall–Kier alpha value is -2.61. The predicted molar refractivity (Wildman–Crippen MR) is 129 cm³/mol. The van der Waals surface area contributed by atoms with Crippen LogP contribution in [-0.4, -0.2) is 30.2 Å². The number of anilines is 1. The van der Waals surface area contributed by atoms with E-state index in [1.54, 1.807) is 32.5 Å². The molecule has 1 aliphatic heterocycles. The molecule has 1 aromatic carbocycles. The number of methoxy groups -OCH3 is 1. The fourth-order valence-corrected chi connectivity index (χ4v) is 4.73. The van der Waals surface area contributed by atoms with Crippen LogP contribution in [0.2, 0.25) is 10.0 Å². The van der Waals surface area contributed by atoms with Gasteiger partial charge in [0.05, 0.1) is 17.8 Å². The Labute approximate surface area is 202 Å². The average molecular weight is 491 g/mol. The van der Waals surface area contributed by atoms with E-state index in [1.165, 1.54) is 12.1 Å². The van der Waals surface area contributed by atoms with E-state index in [9.17, 15) is 4.39 Å². The van der Waals surface area contributed by atoms with Gasteiger partial charge in [0, 0.05) is 40.0 Å². The third kappa shape index (κ3) is 5.00. The fourth-order valence-electron chi connectivity index (χ4n) is 4.05. The zero-order chi connectivity index (χ0) is 23.5. The summed E-state index contributed by atoms with van der Waals surface area (Å²) in [4.78, 5) is 8.98. The molecule has 0 saturated carbocycles. The van der Waals surface area contributed by atoms with Crippen molar-refractivity contribution in [2.24, 2.45) is 0 Å². The summed E-state index contributed by atoms with van der Waals surface area (Å²) >= 11 is 12.4. The van der Waals surface area contributed by atoms with Crippen LogP contribution in [0.4, 0.5) is 10.2 Å². The van der Waals surface area contributed by atoms with Gasteiger partial charge in [-0.15, -0.1) is 0 Å².